The van der Waals surface area contributed by atoms with Crippen molar-refractivity contribution in [1.82, 2.24) is 0 Å². The number of carbonyl (C=O) groups excluding carboxylic acids is 1. The molecule has 0 atom stereocenters. The molecule has 1 heterocycles. The molecule has 3 rings (SSSR count). The summed E-state index contributed by atoms with van der Waals surface area (Å²) >= 11 is 1.66. The predicted molar refractivity (Wildman–Crippen MR) is 86.8 cm³/mol. The Morgan fingerprint density at radius 3 is 2.38 bits per heavy atom. The molecule has 0 bridgehead atoms. The first-order valence-electron chi connectivity index (χ1n) is 6.76. The van der Waals surface area contributed by atoms with Crippen LogP contribution in [0.4, 0.5) is 5.69 Å². The summed E-state index contributed by atoms with van der Waals surface area (Å²) in [5, 5.41) is 2.88. The predicted octanol–water partition coefficient (Wildman–Crippen LogP) is 3.76. The van der Waals surface area contributed by atoms with E-state index in [0.717, 1.165) is 21.9 Å². The summed E-state index contributed by atoms with van der Waals surface area (Å²) in [6.45, 7) is 0.554. The van der Waals surface area contributed by atoms with Crippen LogP contribution < -0.4 is 5.32 Å². The normalized spacial score (nSPS) is 14.5. The van der Waals surface area contributed by atoms with E-state index in [-0.39, 0.29) is 5.91 Å². The van der Waals surface area contributed by atoms with Crippen molar-refractivity contribution in [2.24, 2.45) is 0 Å². The van der Waals surface area contributed by atoms with Crippen molar-refractivity contribution in [3.05, 3.63) is 72.0 Å². The summed E-state index contributed by atoms with van der Waals surface area (Å²) in [6.07, 6.45) is 0. The Morgan fingerprint density at radius 2 is 1.67 bits per heavy atom. The van der Waals surface area contributed by atoms with Gasteiger partial charge in [-0.15, -0.1) is 11.8 Å². The van der Waals surface area contributed by atoms with Gasteiger partial charge in [-0.3, -0.25) is 4.79 Å². The summed E-state index contributed by atoms with van der Waals surface area (Å²) in [4.78, 5) is 13.3. The minimum absolute atomic E-state index is 0.202. The van der Waals surface area contributed by atoms with E-state index >= 15 is 0 Å². The maximum atomic E-state index is 12.4. The van der Waals surface area contributed by atoms with Crippen LogP contribution in [0.15, 0.2) is 66.4 Å². The standard InChI is InChI=1S/C17H15NO2S/c19-17(18-14-9-5-2-6-10-14)15-16(21-12-11-20-15)13-7-3-1-4-8-13/h1-10H,11-12H2,(H,18,19). The summed E-state index contributed by atoms with van der Waals surface area (Å²) in [5.41, 5.74) is 1.78. The van der Waals surface area contributed by atoms with Gasteiger partial charge < -0.3 is 10.1 Å². The quantitative estimate of drug-likeness (QED) is 0.937. The molecule has 2 aromatic rings. The van der Waals surface area contributed by atoms with E-state index in [4.69, 9.17) is 4.74 Å². The maximum Gasteiger partial charge on any atom is 0.291 e. The van der Waals surface area contributed by atoms with E-state index < -0.39 is 0 Å². The molecule has 0 saturated heterocycles. The van der Waals surface area contributed by atoms with Gasteiger partial charge in [-0.1, -0.05) is 48.5 Å². The molecule has 4 heteroatoms. The zero-order valence-corrected chi connectivity index (χ0v) is 12.2. The van der Waals surface area contributed by atoms with Gasteiger partial charge in [-0.2, -0.15) is 0 Å². The van der Waals surface area contributed by atoms with Gasteiger partial charge >= 0.3 is 0 Å². The van der Waals surface area contributed by atoms with Gasteiger partial charge in [0.2, 0.25) is 0 Å². The molecule has 1 N–H and O–H groups in total. The average molecular weight is 297 g/mol. The lowest BCUT2D eigenvalue weighted by Crippen LogP contribution is -2.21. The average Bonchev–Trinajstić information content (AvgIpc) is 2.56. The zero-order valence-electron chi connectivity index (χ0n) is 11.4. The Labute approximate surface area is 128 Å². The molecule has 3 nitrogen and oxygen atoms in total. The van der Waals surface area contributed by atoms with Crippen LogP contribution in [0.3, 0.4) is 0 Å². The molecular formula is C17H15NO2S. The van der Waals surface area contributed by atoms with Crippen molar-refractivity contribution in [3.8, 4) is 0 Å². The third kappa shape index (κ3) is 3.28. The maximum absolute atomic E-state index is 12.4. The van der Waals surface area contributed by atoms with Crippen molar-refractivity contribution in [2.45, 2.75) is 0 Å². The molecule has 0 aromatic heterocycles. The number of para-hydroxylation sites is 1. The molecule has 106 valence electrons. The third-order valence-corrected chi connectivity index (χ3v) is 4.14. The van der Waals surface area contributed by atoms with Crippen LogP contribution in [-0.4, -0.2) is 18.3 Å². The number of anilines is 1. The number of rotatable bonds is 3. The lowest BCUT2D eigenvalue weighted by Gasteiger charge is -2.20. The number of hydrogen-bond donors (Lipinski definition) is 1. The zero-order chi connectivity index (χ0) is 14.5. The van der Waals surface area contributed by atoms with E-state index in [9.17, 15) is 4.79 Å². The summed E-state index contributed by atoms with van der Waals surface area (Å²) in [6, 6.07) is 19.3. The summed E-state index contributed by atoms with van der Waals surface area (Å²) < 4.78 is 5.63. The van der Waals surface area contributed by atoms with E-state index in [1.807, 2.05) is 60.7 Å². The van der Waals surface area contributed by atoms with Gasteiger partial charge in [0, 0.05) is 11.4 Å². The van der Waals surface area contributed by atoms with Gasteiger partial charge in [0.05, 0.1) is 11.5 Å². The van der Waals surface area contributed by atoms with E-state index in [0.29, 0.717) is 12.4 Å². The highest BCUT2D eigenvalue weighted by molar-refractivity contribution is 8.08. The first kappa shape index (κ1) is 13.8. The van der Waals surface area contributed by atoms with Crippen LogP contribution in [0.1, 0.15) is 5.56 Å². The van der Waals surface area contributed by atoms with Gasteiger partial charge in [0.25, 0.3) is 5.91 Å². The van der Waals surface area contributed by atoms with Gasteiger partial charge in [-0.05, 0) is 17.7 Å². The van der Waals surface area contributed by atoms with E-state index in [1.54, 1.807) is 11.8 Å². The lowest BCUT2D eigenvalue weighted by molar-refractivity contribution is -0.115. The van der Waals surface area contributed by atoms with Crippen molar-refractivity contribution < 1.29 is 9.53 Å². The summed E-state index contributed by atoms with van der Waals surface area (Å²) in [7, 11) is 0. The Kier molecular flexibility index (Phi) is 4.26. The molecule has 1 aliphatic heterocycles. The van der Waals surface area contributed by atoms with Crippen LogP contribution in [-0.2, 0) is 9.53 Å². The molecule has 1 aliphatic rings. The number of benzene rings is 2. The largest absolute Gasteiger partial charge is 0.486 e. The molecule has 0 unspecified atom stereocenters. The monoisotopic (exact) mass is 297 g/mol. The fourth-order valence-corrected chi connectivity index (χ4v) is 3.06. The number of nitrogens with one attached hydrogen (secondary N) is 1. The number of thioether (sulfide) groups is 1. The second-order valence-electron chi connectivity index (χ2n) is 4.54. The first-order valence-corrected chi connectivity index (χ1v) is 7.75. The third-order valence-electron chi connectivity index (χ3n) is 3.06. The fourth-order valence-electron chi connectivity index (χ4n) is 2.10. The minimum atomic E-state index is -0.202. The number of ether oxygens (including phenoxy) is 1. The second kappa shape index (κ2) is 6.50. The van der Waals surface area contributed by atoms with Crippen LogP contribution in [0.5, 0.6) is 0 Å². The smallest absolute Gasteiger partial charge is 0.291 e. The molecule has 0 saturated carbocycles. The molecule has 21 heavy (non-hydrogen) atoms. The number of amides is 1. The lowest BCUT2D eigenvalue weighted by atomic mass is 10.2. The Hall–Kier alpha value is -2.20. The van der Waals surface area contributed by atoms with Crippen LogP contribution in [0.2, 0.25) is 0 Å². The van der Waals surface area contributed by atoms with Crippen LogP contribution in [0.25, 0.3) is 4.91 Å². The van der Waals surface area contributed by atoms with Gasteiger partial charge in [0.1, 0.15) is 0 Å². The van der Waals surface area contributed by atoms with Crippen LogP contribution in [0, 0.1) is 0 Å². The highest BCUT2D eigenvalue weighted by atomic mass is 32.2. The highest BCUT2D eigenvalue weighted by Gasteiger charge is 2.22. The molecular weight excluding hydrogens is 282 g/mol. The highest BCUT2D eigenvalue weighted by Crippen LogP contribution is 2.34. The Balaban J connectivity index is 1.89. The molecule has 0 radical (unpaired) electrons. The van der Waals surface area contributed by atoms with Crippen molar-refractivity contribution in [1.29, 1.82) is 0 Å². The van der Waals surface area contributed by atoms with Gasteiger partial charge in [-0.25, -0.2) is 0 Å². The first-order chi connectivity index (χ1) is 10.3. The molecule has 0 spiro atoms. The number of hydrogen-bond acceptors (Lipinski definition) is 3. The molecule has 0 fully saturated rings. The molecule has 2 aromatic carbocycles. The van der Waals surface area contributed by atoms with Crippen molar-refractivity contribution >= 4 is 28.3 Å². The topological polar surface area (TPSA) is 38.3 Å². The summed E-state index contributed by atoms with van der Waals surface area (Å²) in [5.74, 6) is 1.06. The number of carbonyl (C=O) groups is 1. The van der Waals surface area contributed by atoms with Crippen molar-refractivity contribution in [3.63, 3.8) is 0 Å². The van der Waals surface area contributed by atoms with Crippen LogP contribution >= 0.6 is 11.8 Å². The fraction of sp³-hybridized carbons (Fsp3) is 0.118. The second-order valence-corrected chi connectivity index (χ2v) is 5.65. The Morgan fingerprint density at radius 1 is 1.00 bits per heavy atom. The van der Waals surface area contributed by atoms with Gasteiger partial charge in [0.15, 0.2) is 5.76 Å². The van der Waals surface area contributed by atoms with E-state index in [2.05, 4.69) is 5.32 Å². The Bertz CT molecular complexity index is 653. The molecule has 1 amide bonds. The van der Waals surface area contributed by atoms with Crippen molar-refractivity contribution in [2.75, 3.05) is 17.7 Å². The van der Waals surface area contributed by atoms with E-state index in [1.165, 1.54) is 0 Å². The molecule has 0 aliphatic carbocycles. The minimum Gasteiger partial charge on any atom is -0.486 e. The SMILES string of the molecule is O=C(Nc1ccccc1)C1=C(c2ccccc2)SCCO1.